The first-order valence-electron chi connectivity index (χ1n) is 7.36. The van der Waals surface area contributed by atoms with Crippen LogP contribution in [0, 0.1) is 6.92 Å². The molecule has 0 saturated carbocycles. The maximum atomic E-state index is 13.0. The molecule has 0 amide bonds. The van der Waals surface area contributed by atoms with Gasteiger partial charge in [0.15, 0.2) is 0 Å². The fourth-order valence-electron chi connectivity index (χ4n) is 2.55. The molecule has 0 bridgehead atoms. The van der Waals surface area contributed by atoms with Crippen LogP contribution in [0.25, 0.3) is 0 Å². The molecule has 0 heterocycles. The Labute approximate surface area is 144 Å². The van der Waals surface area contributed by atoms with Crippen molar-refractivity contribution >= 4 is 23.2 Å². The van der Waals surface area contributed by atoms with Crippen molar-refractivity contribution in [3.05, 3.63) is 68.2 Å². The number of halogens is 5. The van der Waals surface area contributed by atoms with Crippen molar-refractivity contribution in [3.8, 4) is 0 Å². The summed E-state index contributed by atoms with van der Waals surface area (Å²) in [6, 6.07) is 8.29. The van der Waals surface area contributed by atoms with Gasteiger partial charge in [0.1, 0.15) is 0 Å². The lowest BCUT2D eigenvalue weighted by molar-refractivity contribution is -0.137. The van der Waals surface area contributed by atoms with Crippen LogP contribution >= 0.6 is 23.2 Å². The van der Waals surface area contributed by atoms with Gasteiger partial charge in [0, 0.05) is 5.02 Å². The molecule has 2 aromatic carbocycles. The monoisotopic (exact) mass is 360 g/mol. The van der Waals surface area contributed by atoms with Crippen LogP contribution in [0.1, 0.15) is 34.7 Å². The van der Waals surface area contributed by atoms with Crippen LogP contribution in [0.3, 0.4) is 0 Å². The molecule has 0 aliphatic carbocycles. The van der Waals surface area contributed by atoms with Crippen molar-refractivity contribution in [1.29, 1.82) is 0 Å². The Morgan fingerprint density at radius 3 is 2.26 bits per heavy atom. The topological polar surface area (TPSA) is 0 Å². The first-order chi connectivity index (χ1) is 10.7. The van der Waals surface area contributed by atoms with Gasteiger partial charge >= 0.3 is 6.18 Å². The summed E-state index contributed by atoms with van der Waals surface area (Å²) in [5, 5.41) is 0.491. The maximum Gasteiger partial charge on any atom is 0.417 e. The SMILES string of the molecule is CCc1ccc(CCc2c(C)ccc(C(F)(F)F)c2Cl)cc1Cl. The summed E-state index contributed by atoms with van der Waals surface area (Å²) < 4.78 is 38.9. The molecule has 0 atom stereocenters. The molecule has 0 saturated heterocycles. The molecule has 23 heavy (non-hydrogen) atoms. The van der Waals surface area contributed by atoms with E-state index in [0.29, 0.717) is 23.4 Å². The van der Waals surface area contributed by atoms with Crippen LogP contribution in [0.5, 0.6) is 0 Å². The predicted octanol–water partition coefficient (Wildman–Crippen LogP) is 6.67. The molecule has 5 heteroatoms. The van der Waals surface area contributed by atoms with E-state index in [0.717, 1.165) is 29.2 Å². The minimum absolute atomic E-state index is 0.200. The van der Waals surface area contributed by atoms with Gasteiger partial charge < -0.3 is 0 Å². The first-order valence-corrected chi connectivity index (χ1v) is 8.12. The molecular weight excluding hydrogens is 344 g/mol. The van der Waals surface area contributed by atoms with Crippen LogP contribution in [-0.2, 0) is 25.4 Å². The summed E-state index contributed by atoms with van der Waals surface area (Å²) in [6.07, 6.45) is -2.56. The maximum absolute atomic E-state index is 13.0. The van der Waals surface area contributed by atoms with Crippen LogP contribution < -0.4 is 0 Å². The Kier molecular flexibility index (Phi) is 5.64. The van der Waals surface area contributed by atoms with E-state index >= 15 is 0 Å². The average molecular weight is 361 g/mol. The molecule has 0 aliphatic heterocycles. The van der Waals surface area contributed by atoms with Gasteiger partial charge in [-0.05, 0) is 60.6 Å². The molecule has 0 nitrogen and oxygen atoms in total. The standard InChI is InChI=1S/C18H17Cl2F3/c1-3-13-7-5-12(10-16(13)19)6-8-14-11(2)4-9-15(17(14)20)18(21,22)23/h4-5,7,9-10H,3,6,8H2,1-2H3. The lowest BCUT2D eigenvalue weighted by Crippen LogP contribution is -2.08. The van der Waals surface area contributed by atoms with Crippen LogP contribution in [0.15, 0.2) is 30.3 Å². The third-order valence-electron chi connectivity index (χ3n) is 3.94. The third kappa shape index (κ3) is 4.21. The zero-order valence-electron chi connectivity index (χ0n) is 12.9. The second kappa shape index (κ2) is 7.14. The van der Waals surface area contributed by atoms with Gasteiger partial charge in [0.05, 0.1) is 10.6 Å². The molecule has 0 radical (unpaired) electrons. The van der Waals surface area contributed by atoms with E-state index in [1.807, 2.05) is 25.1 Å². The summed E-state index contributed by atoms with van der Waals surface area (Å²) in [7, 11) is 0. The summed E-state index contributed by atoms with van der Waals surface area (Å²) in [5.74, 6) is 0. The van der Waals surface area contributed by atoms with Gasteiger partial charge in [-0.3, -0.25) is 0 Å². The fourth-order valence-corrected chi connectivity index (χ4v) is 3.30. The van der Waals surface area contributed by atoms with Gasteiger partial charge in [0.2, 0.25) is 0 Å². The van der Waals surface area contributed by atoms with E-state index < -0.39 is 11.7 Å². The molecular formula is C18H17Cl2F3. The van der Waals surface area contributed by atoms with E-state index in [1.54, 1.807) is 6.92 Å². The number of hydrogen-bond donors (Lipinski definition) is 0. The highest BCUT2D eigenvalue weighted by molar-refractivity contribution is 6.32. The van der Waals surface area contributed by atoms with E-state index in [1.165, 1.54) is 6.07 Å². The van der Waals surface area contributed by atoms with Crippen molar-refractivity contribution in [2.75, 3.05) is 0 Å². The summed E-state index contributed by atoms with van der Waals surface area (Å²) in [6.45, 7) is 3.79. The van der Waals surface area contributed by atoms with Crippen LogP contribution in [-0.4, -0.2) is 0 Å². The Bertz CT molecular complexity index is 706. The molecule has 0 spiro atoms. The molecule has 0 unspecified atom stereocenters. The lowest BCUT2D eigenvalue weighted by atomic mass is 9.97. The van der Waals surface area contributed by atoms with Crippen LogP contribution in [0.4, 0.5) is 13.2 Å². The Morgan fingerprint density at radius 1 is 1.00 bits per heavy atom. The molecule has 0 N–H and O–H groups in total. The van der Waals surface area contributed by atoms with Gasteiger partial charge in [-0.25, -0.2) is 0 Å². The van der Waals surface area contributed by atoms with Gasteiger partial charge in [-0.1, -0.05) is 48.3 Å². The molecule has 0 fully saturated rings. The van der Waals surface area contributed by atoms with Crippen molar-refractivity contribution in [1.82, 2.24) is 0 Å². The number of rotatable bonds is 4. The quantitative estimate of drug-likeness (QED) is 0.571. The molecule has 2 aromatic rings. The summed E-state index contributed by atoms with van der Waals surface area (Å²) in [5.41, 5.74) is 2.57. The minimum Gasteiger partial charge on any atom is -0.166 e. The molecule has 2 rings (SSSR count). The molecule has 0 aliphatic rings. The normalized spacial score (nSPS) is 11.8. The van der Waals surface area contributed by atoms with E-state index in [2.05, 4.69) is 0 Å². The number of benzene rings is 2. The summed E-state index contributed by atoms with van der Waals surface area (Å²) >= 11 is 12.2. The van der Waals surface area contributed by atoms with Crippen molar-refractivity contribution in [2.24, 2.45) is 0 Å². The molecule has 124 valence electrons. The van der Waals surface area contributed by atoms with Gasteiger partial charge in [0.25, 0.3) is 0 Å². The average Bonchev–Trinajstić information content (AvgIpc) is 2.45. The number of hydrogen-bond acceptors (Lipinski definition) is 0. The van der Waals surface area contributed by atoms with Crippen LogP contribution in [0.2, 0.25) is 10.0 Å². The number of alkyl halides is 3. The van der Waals surface area contributed by atoms with E-state index in [4.69, 9.17) is 23.2 Å². The van der Waals surface area contributed by atoms with Crippen molar-refractivity contribution in [2.45, 2.75) is 39.3 Å². The Hall–Kier alpha value is -1.19. The Balaban J connectivity index is 2.25. The van der Waals surface area contributed by atoms with Gasteiger partial charge in [-0.2, -0.15) is 13.2 Å². The second-order valence-corrected chi connectivity index (χ2v) is 6.28. The zero-order valence-corrected chi connectivity index (χ0v) is 14.4. The second-order valence-electron chi connectivity index (χ2n) is 5.50. The van der Waals surface area contributed by atoms with E-state index in [-0.39, 0.29) is 5.02 Å². The predicted molar refractivity (Wildman–Crippen MR) is 89.4 cm³/mol. The fraction of sp³-hybridized carbons (Fsp3) is 0.333. The smallest absolute Gasteiger partial charge is 0.166 e. The number of aryl methyl sites for hydroxylation is 3. The Morgan fingerprint density at radius 2 is 1.70 bits per heavy atom. The lowest BCUT2D eigenvalue weighted by Gasteiger charge is -2.15. The first kappa shape index (κ1) is 18.2. The zero-order chi connectivity index (χ0) is 17.2. The highest BCUT2D eigenvalue weighted by Crippen LogP contribution is 2.37. The summed E-state index contributed by atoms with van der Waals surface area (Å²) in [4.78, 5) is 0. The third-order valence-corrected chi connectivity index (χ3v) is 4.73. The minimum atomic E-state index is -4.44. The molecule has 0 aromatic heterocycles. The van der Waals surface area contributed by atoms with E-state index in [9.17, 15) is 13.2 Å². The van der Waals surface area contributed by atoms with Crippen molar-refractivity contribution < 1.29 is 13.2 Å². The largest absolute Gasteiger partial charge is 0.417 e. The highest BCUT2D eigenvalue weighted by atomic mass is 35.5. The highest BCUT2D eigenvalue weighted by Gasteiger charge is 2.34. The van der Waals surface area contributed by atoms with Crippen molar-refractivity contribution in [3.63, 3.8) is 0 Å². The van der Waals surface area contributed by atoms with Gasteiger partial charge in [-0.15, -0.1) is 0 Å².